The minimum absolute atomic E-state index is 0.0143. The molecule has 0 bridgehead atoms. The molecule has 1 atom stereocenters. The molecular formula is C15H23N3O4S. The number of carbonyl (C=O) groups is 1. The number of rotatable bonds is 6. The molecule has 2 heterocycles. The fourth-order valence-corrected chi connectivity index (χ4v) is 4.73. The minimum atomic E-state index is -3.38. The van der Waals surface area contributed by atoms with Gasteiger partial charge in [0.25, 0.3) is 0 Å². The van der Waals surface area contributed by atoms with Crippen molar-refractivity contribution in [2.24, 2.45) is 5.92 Å². The van der Waals surface area contributed by atoms with E-state index in [2.05, 4.69) is 10.1 Å². The topological polar surface area (TPSA) is 93.4 Å². The lowest BCUT2D eigenvalue weighted by molar-refractivity contribution is -0.129. The Labute approximate surface area is 136 Å². The van der Waals surface area contributed by atoms with Gasteiger partial charge in [0.05, 0.1) is 11.8 Å². The Hall–Kier alpha value is -1.44. The summed E-state index contributed by atoms with van der Waals surface area (Å²) in [6.07, 6.45) is 3.72. The molecule has 7 nitrogen and oxygen atoms in total. The standard InChI is InChI=1S/C15H23N3O4S/c1-10(2)8-23(20,21)9-13(19)18-7-3-4-12(18)14-16-15(22-17-14)11-5-6-11/h10-12H,3-9H2,1-2H3/t12-/m1/s1. The van der Waals surface area contributed by atoms with E-state index in [9.17, 15) is 13.2 Å². The lowest BCUT2D eigenvalue weighted by Gasteiger charge is -2.22. The second-order valence-electron chi connectivity index (χ2n) is 6.96. The minimum Gasteiger partial charge on any atom is -0.339 e. The molecule has 0 aromatic carbocycles. The molecule has 0 unspecified atom stereocenters. The molecule has 0 N–H and O–H groups in total. The molecule has 1 saturated carbocycles. The smallest absolute Gasteiger partial charge is 0.238 e. The van der Waals surface area contributed by atoms with Gasteiger partial charge in [-0.3, -0.25) is 4.79 Å². The predicted molar refractivity (Wildman–Crippen MR) is 83.5 cm³/mol. The summed E-state index contributed by atoms with van der Waals surface area (Å²) >= 11 is 0. The van der Waals surface area contributed by atoms with Crippen LogP contribution in [0.5, 0.6) is 0 Å². The molecule has 1 aromatic heterocycles. The summed E-state index contributed by atoms with van der Waals surface area (Å²) in [5.41, 5.74) is 0. The molecule has 1 aliphatic heterocycles. The summed E-state index contributed by atoms with van der Waals surface area (Å²) in [5, 5.41) is 4.01. The zero-order valence-corrected chi connectivity index (χ0v) is 14.4. The first-order valence-electron chi connectivity index (χ1n) is 8.19. The molecule has 0 spiro atoms. The van der Waals surface area contributed by atoms with E-state index in [1.54, 1.807) is 4.90 Å². The summed E-state index contributed by atoms with van der Waals surface area (Å²) in [7, 11) is -3.38. The average molecular weight is 341 g/mol. The van der Waals surface area contributed by atoms with E-state index in [1.165, 1.54) is 0 Å². The number of hydrogen-bond acceptors (Lipinski definition) is 6. The van der Waals surface area contributed by atoms with Gasteiger partial charge in [0.15, 0.2) is 15.7 Å². The van der Waals surface area contributed by atoms with Gasteiger partial charge >= 0.3 is 0 Å². The van der Waals surface area contributed by atoms with Crippen molar-refractivity contribution in [3.8, 4) is 0 Å². The van der Waals surface area contributed by atoms with E-state index >= 15 is 0 Å². The maximum Gasteiger partial charge on any atom is 0.238 e. The van der Waals surface area contributed by atoms with Gasteiger partial charge in [0, 0.05) is 12.5 Å². The van der Waals surface area contributed by atoms with Crippen LogP contribution < -0.4 is 0 Å². The fourth-order valence-electron chi connectivity index (χ4n) is 3.05. The molecule has 2 fully saturated rings. The third-order valence-electron chi connectivity index (χ3n) is 4.19. The van der Waals surface area contributed by atoms with Gasteiger partial charge in [-0.25, -0.2) is 8.42 Å². The molecule has 2 aliphatic rings. The number of likely N-dealkylation sites (tertiary alicyclic amines) is 1. The van der Waals surface area contributed by atoms with E-state index in [1.807, 2.05) is 13.8 Å². The van der Waals surface area contributed by atoms with Crippen LogP contribution in [0.15, 0.2) is 4.52 Å². The monoisotopic (exact) mass is 341 g/mol. The van der Waals surface area contributed by atoms with Crippen molar-refractivity contribution >= 4 is 15.7 Å². The molecule has 128 valence electrons. The highest BCUT2D eigenvalue weighted by atomic mass is 32.2. The molecule has 1 amide bonds. The zero-order valence-electron chi connectivity index (χ0n) is 13.6. The number of nitrogens with zero attached hydrogens (tertiary/aromatic N) is 3. The van der Waals surface area contributed by atoms with Crippen LogP contribution in [0, 0.1) is 5.92 Å². The van der Waals surface area contributed by atoms with Crippen molar-refractivity contribution in [2.45, 2.75) is 51.5 Å². The Balaban J connectivity index is 1.69. The highest BCUT2D eigenvalue weighted by Crippen LogP contribution is 2.40. The third-order valence-corrected chi connectivity index (χ3v) is 6.05. The summed E-state index contributed by atoms with van der Waals surface area (Å²) in [4.78, 5) is 18.4. The van der Waals surface area contributed by atoms with Gasteiger partial charge in [0.2, 0.25) is 11.8 Å². The van der Waals surface area contributed by atoms with Crippen LogP contribution >= 0.6 is 0 Å². The Morgan fingerprint density at radius 2 is 2.09 bits per heavy atom. The van der Waals surface area contributed by atoms with Gasteiger partial charge in [-0.15, -0.1) is 0 Å². The van der Waals surface area contributed by atoms with Gasteiger partial charge in [-0.05, 0) is 31.6 Å². The van der Waals surface area contributed by atoms with E-state index in [0.29, 0.717) is 24.2 Å². The number of aromatic nitrogens is 2. The fraction of sp³-hybridized carbons (Fsp3) is 0.800. The second kappa shape index (κ2) is 6.22. The Morgan fingerprint density at radius 3 is 2.74 bits per heavy atom. The van der Waals surface area contributed by atoms with Crippen molar-refractivity contribution in [1.29, 1.82) is 0 Å². The van der Waals surface area contributed by atoms with Gasteiger partial charge < -0.3 is 9.42 Å². The van der Waals surface area contributed by atoms with Crippen molar-refractivity contribution in [1.82, 2.24) is 15.0 Å². The largest absolute Gasteiger partial charge is 0.339 e. The summed E-state index contributed by atoms with van der Waals surface area (Å²) in [6, 6.07) is -0.256. The van der Waals surface area contributed by atoms with Crippen LogP contribution in [-0.2, 0) is 14.6 Å². The SMILES string of the molecule is CC(C)CS(=O)(=O)CC(=O)N1CCC[C@@H]1c1noc(C2CC2)n1. The van der Waals surface area contributed by atoms with Gasteiger partial charge in [-0.2, -0.15) is 4.98 Å². The van der Waals surface area contributed by atoms with Crippen LogP contribution in [0.25, 0.3) is 0 Å². The Morgan fingerprint density at radius 1 is 1.35 bits per heavy atom. The second-order valence-corrected chi connectivity index (χ2v) is 9.07. The van der Waals surface area contributed by atoms with E-state index in [0.717, 1.165) is 25.7 Å². The van der Waals surface area contributed by atoms with Crippen molar-refractivity contribution in [3.63, 3.8) is 0 Å². The summed E-state index contributed by atoms with van der Waals surface area (Å²) < 4.78 is 29.4. The van der Waals surface area contributed by atoms with Gasteiger partial charge in [-0.1, -0.05) is 19.0 Å². The molecule has 1 saturated heterocycles. The predicted octanol–water partition coefficient (Wildman–Crippen LogP) is 1.68. The molecule has 1 aromatic rings. The van der Waals surface area contributed by atoms with E-state index in [-0.39, 0.29) is 23.6 Å². The first-order chi connectivity index (χ1) is 10.9. The Bertz CT molecular complexity index is 679. The van der Waals surface area contributed by atoms with E-state index < -0.39 is 15.6 Å². The lowest BCUT2D eigenvalue weighted by atomic mass is 10.2. The molecule has 8 heteroatoms. The first kappa shape index (κ1) is 16.4. The zero-order chi connectivity index (χ0) is 16.6. The number of hydrogen-bond donors (Lipinski definition) is 0. The van der Waals surface area contributed by atoms with Crippen molar-refractivity contribution < 1.29 is 17.7 Å². The molecule has 1 aliphatic carbocycles. The highest BCUT2D eigenvalue weighted by molar-refractivity contribution is 7.92. The summed E-state index contributed by atoms with van der Waals surface area (Å²) in [6.45, 7) is 4.22. The van der Waals surface area contributed by atoms with Crippen LogP contribution in [0.4, 0.5) is 0 Å². The van der Waals surface area contributed by atoms with Crippen LogP contribution in [0.2, 0.25) is 0 Å². The molecular weight excluding hydrogens is 318 g/mol. The average Bonchev–Trinajstić information content (AvgIpc) is 2.99. The number of sulfone groups is 1. The quantitative estimate of drug-likeness (QED) is 0.781. The number of amides is 1. The lowest BCUT2D eigenvalue weighted by Crippen LogP contribution is -2.36. The Kier molecular flexibility index (Phi) is 4.44. The van der Waals surface area contributed by atoms with Crippen LogP contribution in [-0.4, -0.2) is 47.4 Å². The molecule has 23 heavy (non-hydrogen) atoms. The van der Waals surface area contributed by atoms with Gasteiger partial charge in [0.1, 0.15) is 5.75 Å². The van der Waals surface area contributed by atoms with Crippen LogP contribution in [0.1, 0.15) is 63.2 Å². The number of carbonyl (C=O) groups excluding carboxylic acids is 1. The first-order valence-corrected chi connectivity index (χ1v) is 10.0. The molecule has 0 radical (unpaired) electrons. The van der Waals surface area contributed by atoms with E-state index in [4.69, 9.17) is 4.52 Å². The van der Waals surface area contributed by atoms with Crippen molar-refractivity contribution in [2.75, 3.05) is 18.1 Å². The molecule has 3 rings (SSSR count). The normalized spacial score (nSPS) is 22.0. The highest BCUT2D eigenvalue weighted by Gasteiger charge is 2.37. The maximum absolute atomic E-state index is 12.4. The third kappa shape index (κ3) is 3.91. The van der Waals surface area contributed by atoms with Crippen molar-refractivity contribution in [3.05, 3.63) is 11.7 Å². The maximum atomic E-state index is 12.4. The van der Waals surface area contributed by atoms with Crippen LogP contribution in [0.3, 0.4) is 0 Å². The summed E-state index contributed by atoms with van der Waals surface area (Å²) in [5.74, 6) is 0.783.